The summed E-state index contributed by atoms with van der Waals surface area (Å²) in [6.45, 7) is 0.691. The highest BCUT2D eigenvalue weighted by Gasteiger charge is 2.15. The molecule has 0 aliphatic carbocycles. The molecule has 24 heavy (non-hydrogen) atoms. The molecule has 0 bridgehead atoms. The highest BCUT2D eigenvalue weighted by molar-refractivity contribution is 5.87. The Bertz CT molecular complexity index is 797. The van der Waals surface area contributed by atoms with Gasteiger partial charge in [-0.15, -0.1) is 0 Å². The van der Waals surface area contributed by atoms with Crippen LogP contribution < -0.4 is 9.64 Å². The van der Waals surface area contributed by atoms with Crippen molar-refractivity contribution in [1.29, 1.82) is 0 Å². The van der Waals surface area contributed by atoms with Crippen molar-refractivity contribution in [1.82, 2.24) is 19.7 Å². The lowest BCUT2D eigenvalue weighted by Gasteiger charge is -2.21. The van der Waals surface area contributed by atoms with Crippen LogP contribution in [0.2, 0.25) is 0 Å². The molecule has 2 aromatic heterocycles. The largest absolute Gasteiger partial charge is 0.497 e. The van der Waals surface area contributed by atoms with E-state index >= 15 is 0 Å². The molecule has 0 fully saturated rings. The van der Waals surface area contributed by atoms with E-state index in [-0.39, 0.29) is 13.2 Å². The topological polar surface area (TPSA) is 96.5 Å². The zero-order chi connectivity index (χ0) is 16.9. The maximum Gasteiger partial charge on any atom is 0.168 e. The van der Waals surface area contributed by atoms with Crippen LogP contribution in [0.4, 0.5) is 5.82 Å². The minimum atomic E-state index is -0.0296. The Morgan fingerprint density at radius 1 is 1.08 bits per heavy atom. The van der Waals surface area contributed by atoms with Crippen molar-refractivity contribution in [2.75, 3.05) is 38.3 Å². The van der Waals surface area contributed by atoms with E-state index in [1.807, 2.05) is 29.2 Å². The Balaban J connectivity index is 2.04. The first kappa shape index (κ1) is 16.2. The number of aromatic nitrogens is 4. The third-order valence-electron chi connectivity index (χ3n) is 3.70. The summed E-state index contributed by atoms with van der Waals surface area (Å²) in [7, 11) is 1.62. The van der Waals surface area contributed by atoms with Crippen LogP contribution in [-0.2, 0) is 0 Å². The molecule has 8 nitrogen and oxygen atoms in total. The van der Waals surface area contributed by atoms with Crippen LogP contribution in [0.25, 0.3) is 16.7 Å². The van der Waals surface area contributed by atoms with Crippen LogP contribution >= 0.6 is 0 Å². The zero-order valence-electron chi connectivity index (χ0n) is 13.3. The predicted octanol–water partition coefficient (Wildman–Crippen LogP) is 0.615. The summed E-state index contributed by atoms with van der Waals surface area (Å²) in [4.78, 5) is 10.4. The van der Waals surface area contributed by atoms with Crippen molar-refractivity contribution in [2.45, 2.75) is 0 Å². The summed E-state index contributed by atoms with van der Waals surface area (Å²) in [5, 5.41) is 23.6. The first-order chi connectivity index (χ1) is 11.8. The lowest BCUT2D eigenvalue weighted by molar-refractivity contribution is 0.281. The van der Waals surface area contributed by atoms with Crippen LogP contribution in [0, 0.1) is 0 Å². The number of nitrogens with zero attached hydrogens (tertiary/aromatic N) is 5. The molecule has 0 unspecified atom stereocenters. The maximum absolute atomic E-state index is 9.23. The molecule has 0 aliphatic heterocycles. The molecule has 1 aromatic carbocycles. The van der Waals surface area contributed by atoms with Crippen LogP contribution in [0.1, 0.15) is 0 Å². The van der Waals surface area contributed by atoms with E-state index in [0.717, 1.165) is 16.8 Å². The fourth-order valence-corrected chi connectivity index (χ4v) is 2.56. The average Bonchev–Trinajstić information content (AvgIpc) is 3.06. The Morgan fingerprint density at radius 2 is 1.79 bits per heavy atom. The lowest BCUT2D eigenvalue weighted by Crippen LogP contribution is -2.30. The number of aliphatic hydroxyl groups excluding tert-OH is 2. The molecule has 0 aliphatic rings. The molecule has 0 spiro atoms. The molecule has 2 heterocycles. The number of hydrogen-bond donors (Lipinski definition) is 2. The normalized spacial score (nSPS) is 11.0. The fraction of sp³-hybridized carbons (Fsp3) is 0.312. The van der Waals surface area contributed by atoms with Gasteiger partial charge in [-0.2, -0.15) is 5.10 Å². The van der Waals surface area contributed by atoms with E-state index in [0.29, 0.717) is 24.6 Å². The van der Waals surface area contributed by atoms with E-state index in [1.54, 1.807) is 18.0 Å². The van der Waals surface area contributed by atoms with Crippen LogP contribution in [0.3, 0.4) is 0 Å². The van der Waals surface area contributed by atoms with E-state index in [1.165, 1.54) is 6.33 Å². The van der Waals surface area contributed by atoms with E-state index in [4.69, 9.17) is 4.74 Å². The molecular weight excluding hydrogens is 310 g/mol. The second kappa shape index (κ2) is 7.24. The fourth-order valence-electron chi connectivity index (χ4n) is 2.56. The molecule has 0 saturated carbocycles. The Kier molecular flexibility index (Phi) is 4.88. The SMILES string of the molecule is COc1ccc(-n2ncc3c(N(CCO)CCO)ncnc32)cc1. The minimum absolute atomic E-state index is 0.0296. The Hall–Kier alpha value is -2.71. The van der Waals surface area contributed by atoms with Crippen molar-refractivity contribution in [3.63, 3.8) is 0 Å². The molecule has 3 rings (SSSR count). The smallest absolute Gasteiger partial charge is 0.168 e. The van der Waals surface area contributed by atoms with Gasteiger partial charge in [-0.1, -0.05) is 0 Å². The van der Waals surface area contributed by atoms with E-state index in [2.05, 4.69) is 15.1 Å². The van der Waals surface area contributed by atoms with Gasteiger partial charge in [-0.3, -0.25) is 0 Å². The zero-order valence-corrected chi connectivity index (χ0v) is 13.3. The van der Waals surface area contributed by atoms with Crippen LogP contribution in [-0.4, -0.2) is 63.4 Å². The standard InChI is InChI=1S/C16H19N5O3/c1-24-13-4-2-12(3-5-13)21-16-14(10-19-21)15(17-11-18-16)20(6-8-22)7-9-23/h2-5,10-11,22-23H,6-9H2,1H3. The molecular formula is C16H19N5O3. The number of anilines is 1. The van der Waals surface area contributed by atoms with Crippen molar-refractivity contribution < 1.29 is 14.9 Å². The lowest BCUT2D eigenvalue weighted by atomic mass is 10.3. The number of rotatable bonds is 7. The average molecular weight is 329 g/mol. The molecule has 0 atom stereocenters. The third-order valence-corrected chi connectivity index (χ3v) is 3.70. The number of ether oxygens (including phenoxy) is 1. The number of methoxy groups -OCH3 is 1. The maximum atomic E-state index is 9.23. The van der Waals surface area contributed by atoms with Crippen molar-refractivity contribution in [2.24, 2.45) is 0 Å². The van der Waals surface area contributed by atoms with Gasteiger partial charge in [-0.25, -0.2) is 14.6 Å². The summed E-state index contributed by atoms with van der Waals surface area (Å²) in [6, 6.07) is 7.50. The van der Waals surface area contributed by atoms with E-state index in [9.17, 15) is 10.2 Å². The number of fused-ring (bicyclic) bond motifs is 1. The first-order valence-corrected chi connectivity index (χ1v) is 7.58. The monoisotopic (exact) mass is 329 g/mol. The summed E-state index contributed by atoms with van der Waals surface area (Å²) in [5.74, 6) is 1.41. The quantitative estimate of drug-likeness (QED) is 0.656. The predicted molar refractivity (Wildman–Crippen MR) is 89.6 cm³/mol. The first-order valence-electron chi connectivity index (χ1n) is 7.58. The summed E-state index contributed by atoms with van der Waals surface area (Å²) in [5.41, 5.74) is 1.51. The van der Waals surface area contributed by atoms with Gasteiger partial charge in [0.1, 0.15) is 17.9 Å². The summed E-state index contributed by atoms with van der Waals surface area (Å²) in [6.07, 6.45) is 3.15. The van der Waals surface area contributed by atoms with E-state index < -0.39 is 0 Å². The molecule has 0 amide bonds. The van der Waals surface area contributed by atoms with Gasteiger partial charge in [0.25, 0.3) is 0 Å². The number of benzene rings is 1. The summed E-state index contributed by atoms with van der Waals surface area (Å²) >= 11 is 0. The second-order valence-electron chi connectivity index (χ2n) is 5.12. The van der Waals surface area contributed by atoms with Gasteiger partial charge in [0, 0.05) is 13.1 Å². The minimum Gasteiger partial charge on any atom is -0.497 e. The molecule has 2 N–H and O–H groups in total. The van der Waals surface area contributed by atoms with Gasteiger partial charge in [0.05, 0.1) is 37.6 Å². The molecule has 0 saturated heterocycles. The van der Waals surface area contributed by atoms with Crippen LogP contribution in [0.5, 0.6) is 5.75 Å². The molecule has 126 valence electrons. The van der Waals surface area contributed by atoms with Crippen LogP contribution in [0.15, 0.2) is 36.8 Å². The number of aliphatic hydroxyl groups is 2. The van der Waals surface area contributed by atoms with Gasteiger partial charge in [0.2, 0.25) is 0 Å². The molecule has 0 radical (unpaired) electrons. The van der Waals surface area contributed by atoms with Crippen molar-refractivity contribution in [3.8, 4) is 11.4 Å². The highest BCUT2D eigenvalue weighted by atomic mass is 16.5. The van der Waals surface area contributed by atoms with Crippen molar-refractivity contribution >= 4 is 16.9 Å². The van der Waals surface area contributed by atoms with Gasteiger partial charge in [-0.05, 0) is 24.3 Å². The third kappa shape index (κ3) is 3.01. The molecule has 3 aromatic rings. The Morgan fingerprint density at radius 3 is 2.42 bits per heavy atom. The van der Waals surface area contributed by atoms with Gasteiger partial charge in [0.15, 0.2) is 5.65 Å². The highest BCUT2D eigenvalue weighted by Crippen LogP contribution is 2.25. The Labute approximate surface area is 139 Å². The van der Waals surface area contributed by atoms with Gasteiger partial charge < -0.3 is 19.8 Å². The molecule has 8 heteroatoms. The number of hydrogen-bond acceptors (Lipinski definition) is 7. The second-order valence-corrected chi connectivity index (χ2v) is 5.12. The van der Waals surface area contributed by atoms with Gasteiger partial charge >= 0.3 is 0 Å². The van der Waals surface area contributed by atoms with Crippen molar-refractivity contribution in [3.05, 3.63) is 36.8 Å². The summed E-state index contributed by atoms with van der Waals surface area (Å²) < 4.78 is 6.89.